The van der Waals surface area contributed by atoms with Crippen molar-refractivity contribution < 1.29 is 8.42 Å². The summed E-state index contributed by atoms with van der Waals surface area (Å²) in [5.74, 6) is 0.475. The van der Waals surface area contributed by atoms with E-state index < -0.39 is 10.0 Å². The molecule has 1 heterocycles. The number of piperazine rings is 1. The average Bonchev–Trinajstić information content (AvgIpc) is 2.29. The van der Waals surface area contributed by atoms with Gasteiger partial charge in [0.1, 0.15) is 0 Å². The molecule has 1 fully saturated rings. The molecule has 102 valence electrons. The second kappa shape index (κ2) is 6.13. The molecule has 0 spiro atoms. The SMILES string of the molecule is CC(CN)CN1CCN(S(=O)(=O)C(C)C)CC1. The van der Waals surface area contributed by atoms with Crippen molar-refractivity contribution in [3.8, 4) is 0 Å². The van der Waals surface area contributed by atoms with Crippen molar-refractivity contribution in [3.05, 3.63) is 0 Å². The van der Waals surface area contributed by atoms with E-state index in [1.165, 1.54) is 0 Å². The van der Waals surface area contributed by atoms with E-state index in [0.717, 1.165) is 19.6 Å². The molecule has 5 nitrogen and oxygen atoms in total. The Morgan fingerprint density at radius 1 is 1.12 bits per heavy atom. The van der Waals surface area contributed by atoms with Gasteiger partial charge in [-0.25, -0.2) is 8.42 Å². The van der Waals surface area contributed by atoms with E-state index in [1.807, 2.05) is 0 Å². The summed E-state index contributed by atoms with van der Waals surface area (Å²) in [5.41, 5.74) is 5.59. The fraction of sp³-hybridized carbons (Fsp3) is 1.00. The predicted octanol–water partition coefficient (Wildman–Crippen LogP) is -0.0630. The van der Waals surface area contributed by atoms with Gasteiger partial charge in [0, 0.05) is 32.7 Å². The topological polar surface area (TPSA) is 66.6 Å². The van der Waals surface area contributed by atoms with E-state index in [9.17, 15) is 8.42 Å². The molecule has 2 N–H and O–H groups in total. The molecule has 0 aromatic rings. The Labute approximate surface area is 105 Å². The highest BCUT2D eigenvalue weighted by molar-refractivity contribution is 7.89. The monoisotopic (exact) mass is 263 g/mol. The highest BCUT2D eigenvalue weighted by Crippen LogP contribution is 2.13. The maximum atomic E-state index is 12.0. The molecule has 0 aromatic heterocycles. The summed E-state index contributed by atoms with van der Waals surface area (Å²) >= 11 is 0. The van der Waals surface area contributed by atoms with Crippen molar-refractivity contribution in [2.24, 2.45) is 11.7 Å². The third-order valence-electron chi connectivity index (χ3n) is 3.26. The molecule has 0 bridgehead atoms. The van der Waals surface area contributed by atoms with Crippen LogP contribution in [0.5, 0.6) is 0 Å². The predicted molar refractivity (Wildman–Crippen MR) is 70.3 cm³/mol. The lowest BCUT2D eigenvalue weighted by molar-refractivity contribution is 0.169. The molecule has 0 aromatic carbocycles. The number of hydrogen-bond acceptors (Lipinski definition) is 4. The highest BCUT2D eigenvalue weighted by atomic mass is 32.2. The van der Waals surface area contributed by atoms with Crippen LogP contribution in [0.2, 0.25) is 0 Å². The first-order valence-corrected chi connectivity index (χ1v) is 7.79. The van der Waals surface area contributed by atoms with Crippen LogP contribution in [0.4, 0.5) is 0 Å². The van der Waals surface area contributed by atoms with Crippen LogP contribution in [0.1, 0.15) is 20.8 Å². The summed E-state index contributed by atoms with van der Waals surface area (Å²) in [7, 11) is -3.08. The van der Waals surface area contributed by atoms with Crippen LogP contribution in [0, 0.1) is 5.92 Å². The summed E-state index contributed by atoms with van der Waals surface area (Å²) in [6, 6.07) is 0. The first-order valence-electron chi connectivity index (χ1n) is 6.29. The van der Waals surface area contributed by atoms with Crippen molar-refractivity contribution in [3.63, 3.8) is 0 Å². The van der Waals surface area contributed by atoms with Gasteiger partial charge in [0.2, 0.25) is 10.0 Å². The summed E-state index contributed by atoms with van der Waals surface area (Å²) in [4.78, 5) is 2.30. The van der Waals surface area contributed by atoms with E-state index in [1.54, 1.807) is 18.2 Å². The lowest BCUT2D eigenvalue weighted by Crippen LogP contribution is -2.51. The smallest absolute Gasteiger partial charge is 0.216 e. The average molecular weight is 263 g/mol. The Kier molecular flexibility index (Phi) is 5.37. The molecule has 1 aliphatic rings. The van der Waals surface area contributed by atoms with E-state index in [4.69, 9.17) is 5.73 Å². The number of hydrogen-bond donors (Lipinski definition) is 1. The van der Waals surface area contributed by atoms with Gasteiger partial charge in [0.25, 0.3) is 0 Å². The Morgan fingerprint density at radius 2 is 1.65 bits per heavy atom. The van der Waals surface area contributed by atoms with Gasteiger partial charge in [-0.1, -0.05) is 6.92 Å². The zero-order valence-electron chi connectivity index (χ0n) is 11.1. The van der Waals surface area contributed by atoms with E-state index in [2.05, 4.69) is 11.8 Å². The van der Waals surface area contributed by atoms with E-state index in [-0.39, 0.29) is 5.25 Å². The molecule has 17 heavy (non-hydrogen) atoms. The van der Waals surface area contributed by atoms with E-state index in [0.29, 0.717) is 25.6 Å². The molecule has 1 rings (SSSR count). The van der Waals surface area contributed by atoms with Gasteiger partial charge in [0.15, 0.2) is 0 Å². The summed E-state index contributed by atoms with van der Waals surface area (Å²) in [5, 5.41) is -0.322. The normalized spacial score (nSPS) is 21.9. The highest BCUT2D eigenvalue weighted by Gasteiger charge is 2.29. The minimum absolute atomic E-state index is 0.322. The molecule has 0 amide bonds. The zero-order chi connectivity index (χ0) is 13.1. The van der Waals surface area contributed by atoms with Gasteiger partial charge in [-0.3, -0.25) is 0 Å². The van der Waals surface area contributed by atoms with Crippen LogP contribution in [-0.4, -0.2) is 62.1 Å². The van der Waals surface area contributed by atoms with Crippen molar-refractivity contribution in [2.45, 2.75) is 26.0 Å². The number of sulfonamides is 1. The Hall–Kier alpha value is -0.170. The van der Waals surface area contributed by atoms with Crippen LogP contribution in [0.25, 0.3) is 0 Å². The Balaban J connectivity index is 2.46. The first kappa shape index (κ1) is 14.9. The summed E-state index contributed by atoms with van der Waals surface area (Å²) < 4.78 is 25.5. The number of nitrogens with two attached hydrogens (primary N) is 1. The molecule has 6 heteroatoms. The molecule has 1 atom stereocenters. The number of rotatable bonds is 5. The van der Waals surface area contributed by atoms with Crippen molar-refractivity contribution in [1.82, 2.24) is 9.21 Å². The lowest BCUT2D eigenvalue weighted by Gasteiger charge is -2.35. The molecule has 0 aliphatic carbocycles. The molecular formula is C11H25N3O2S. The third kappa shape index (κ3) is 3.91. The second-order valence-electron chi connectivity index (χ2n) is 5.13. The van der Waals surface area contributed by atoms with Crippen LogP contribution in [0.15, 0.2) is 0 Å². The van der Waals surface area contributed by atoms with Gasteiger partial charge in [-0.2, -0.15) is 4.31 Å². The third-order valence-corrected chi connectivity index (χ3v) is 5.54. The van der Waals surface area contributed by atoms with Crippen molar-refractivity contribution in [1.29, 1.82) is 0 Å². The zero-order valence-corrected chi connectivity index (χ0v) is 11.9. The van der Waals surface area contributed by atoms with Crippen LogP contribution in [0.3, 0.4) is 0 Å². The van der Waals surface area contributed by atoms with Gasteiger partial charge in [0.05, 0.1) is 5.25 Å². The molecular weight excluding hydrogens is 238 g/mol. The lowest BCUT2D eigenvalue weighted by atomic mass is 10.1. The van der Waals surface area contributed by atoms with Crippen LogP contribution >= 0.6 is 0 Å². The number of nitrogens with zero attached hydrogens (tertiary/aromatic N) is 2. The quantitative estimate of drug-likeness (QED) is 0.754. The van der Waals surface area contributed by atoms with Gasteiger partial charge in [-0.05, 0) is 26.3 Å². The summed E-state index contributed by atoms with van der Waals surface area (Å²) in [6.07, 6.45) is 0. The largest absolute Gasteiger partial charge is 0.330 e. The van der Waals surface area contributed by atoms with Crippen LogP contribution in [-0.2, 0) is 10.0 Å². The summed E-state index contributed by atoms with van der Waals surface area (Å²) in [6.45, 7) is 10.1. The Bertz CT molecular complexity index is 322. The Morgan fingerprint density at radius 3 is 2.06 bits per heavy atom. The maximum absolute atomic E-state index is 12.0. The molecule has 1 aliphatic heterocycles. The first-order chi connectivity index (χ1) is 7.87. The molecule has 0 radical (unpaired) electrons. The van der Waals surface area contributed by atoms with E-state index >= 15 is 0 Å². The maximum Gasteiger partial charge on any atom is 0.216 e. The fourth-order valence-electron chi connectivity index (χ4n) is 1.98. The minimum atomic E-state index is -3.08. The molecule has 1 unspecified atom stereocenters. The van der Waals surface area contributed by atoms with Gasteiger partial charge in [-0.15, -0.1) is 0 Å². The molecule has 1 saturated heterocycles. The fourth-order valence-corrected chi connectivity index (χ4v) is 3.25. The van der Waals surface area contributed by atoms with Crippen LogP contribution < -0.4 is 5.73 Å². The van der Waals surface area contributed by atoms with Crippen molar-refractivity contribution >= 4 is 10.0 Å². The minimum Gasteiger partial charge on any atom is -0.330 e. The standard InChI is InChI=1S/C11H25N3O2S/c1-10(2)17(15,16)14-6-4-13(5-7-14)9-11(3)8-12/h10-11H,4-9,12H2,1-3H3. The van der Waals surface area contributed by atoms with Crippen molar-refractivity contribution in [2.75, 3.05) is 39.3 Å². The molecule has 0 saturated carbocycles. The van der Waals surface area contributed by atoms with Gasteiger partial charge < -0.3 is 10.6 Å². The van der Waals surface area contributed by atoms with Gasteiger partial charge >= 0.3 is 0 Å². The second-order valence-corrected chi connectivity index (χ2v) is 7.62.